The van der Waals surface area contributed by atoms with Gasteiger partial charge in [-0.3, -0.25) is 9.59 Å². The van der Waals surface area contributed by atoms with Gasteiger partial charge in [0.15, 0.2) is 12.4 Å². The molecule has 0 aliphatic carbocycles. The van der Waals surface area contributed by atoms with Crippen LogP contribution in [0.2, 0.25) is 0 Å². The molecule has 0 spiro atoms. The van der Waals surface area contributed by atoms with E-state index < -0.39 is 11.5 Å². The molecule has 5 nitrogen and oxygen atoms in total. The first-order valence-corrected chi connectivity index (χ1v) is 5.09. The lowest BCUT2D eigenvalue weighted by atomic mass is 9.97. The van der Waals surface area contributed by atoms with Gasteiger partial charge in [-0.25, -0.2) is 0 Å². The number of hydrogen-bond acceptors (Lipinski definition) is 4. The molecule has 0 heterocycles. The van der Waals surface area contributed by atoms with Crippen LogP contribution < -0.4 is 10.5 Å². The third-order valence-corrected chi connectivity index (χ3v) is 2.05. The number of ketones is 1. The Balaban J connectivity index is 2.75. The summed E-state index contributed by atoms with van der Waals surface area (Å²) in [5, 5.41) is 9.54. The van der Waals surface area contributed by atoms with Gasteiger partial charge in [-0.2, -0.15) is 0 Å². The van der Waals surface area contributed by atoms with Gasteiger partial charge >= 0.3 is 0 Å². The minimum Gasteiger partial charge on any atom is -0.484 e. The van der Waals surface area contributed by atoms with Crippen LogP contribution in [0.15, 0.2) is 24.3 Å². The van der Waals surface area contributed by atoms with E-state index in [4.69, 9.17) is 10.5 Å². The van der Waals surface area contributed by atoms with Crippen molar-refractivity contribution >= 4 is 11.7 Å². The van der Waals surface area contributed by atoms with Crippen molar-refractivity contribution in [3.8, 4) is 5.75 Å². The molecule has 1 amide bonds. The molecule has 5 heteroatoms. The van der Waals surface area contributed by atoms with E-state index in [0.717, 1.165) is 0 Å². The van der Waals surface area contributed by atoms with Crippen LogP contribution in [0.3, 0.4) is 0 Å². The molecular formula is C12H15NO4. The Morgan fingerprint density at radius 1 is 1.29 bits per heavy atom. The smallest absolute Gasteiger partial charge is 0.255 e. The molecule has 0 aliphatic heterocycles. The van der Waals surface area contributed by atoms with Crippen LogP contribution in [0.5, 0.6) is 5.75 Å². The monoisotopic (exact) mass is 237 g/mol. The number of Topliss-reactive ketones (excluding diaryl/α,β-unsaturated/α-hetero) is 1. The Bertz CT molecular complexity index is 417. The summed E-state index contributed by atoms with van der Waals surface area (Å²) in [7, 11) is 0. The van der Waals surface area contributed by atoms with Crippen molar-refractivity contribution in [2.75, 3.05) is 6.61 Å². The van der Waals surface area contributed by atoms with Gasteiger partial charge in [0, 0.05) is 5.56 Å². The Kier molecular flexibility index (Phi) is 3.85. The number of carbonyl (C=O) groups excluding carboxylic acids is 2. The lowest BCUT2D eigenvalue weighted by molar-refractivity contribution is -0.119. The first-order chi connectivity index (χ1) is 7.80. The molecule has 0 aromatic heterocycles. The van der Waals surface area contributed by atoms with Gasteiger partial charge < -0.3 is 15.6 Å². The van der Waals surface area contributed by atoms with Gasteiger partial charge in [-0.05, 0) is 38.1 Å². The van der Waals surface area contributed by atoms with E-state index in [-0.39, 0.29) is 12.4 Å². The Morgan fingerprint density at radius 3 is 2.24 bits per heavy atom. The fourth-order valence-electron chi connectivity index (χ4n) is 1.21. The molecule has 92 valence electrons. The van der Waals surface area contributed by atoms with E-state index in [1.54, 1.807) is 12.1 Å². The standard InChI is InChI=1S/C12H15NO4/c1-12(2,16)11(15)8-3-5-9(6-4-8)17-7-10(13)14/h3-6,16H,7H2,1-2H3,(H2,13,14). The maximum absolute atomic E-state index is 11.7. The van der Waals surface area contributed by atoms with E-state index in [1.165, 1.54) is 26.0 Å². The minimum atomic E-state index is -1.41. The molecule has 1 rings (SSSR count). The van der Waals surface area contributed by atoms with Crippen LogP contribution >= 0.6 is 0 Å². The van der Waals surface area contributed by atoms with Crippen LogP contribution in [0, 0.1) is 0 Å². The van der Waals surface area contributed by atoms with Gasteiger partial charge in [-0.15, -0.1) is 0 Å². The molecule has 17 heavy (non-hydrogen) atoms. The van der Waals surface area contributed by atoms with Gasteiger partial charge in [0.05, 0.1) is 0 Å². The summed E-state index contributed by atoms with van der Waals surface area (Å²) >= 11 is 0. The van der Waals surface area contributed by atoms with Gasteiger partial charge in [0.1, 0.15) is 11.4 Å². The second-order valence-corrected chi connectivity index (χ2v) is 4.17. The summed E-state index contributed by atoms with van der Waals surface area (Å²) < 4.78 is 5.04. The molecule has 0 unspecified atom stereocenters. The zero-order valence-electron chi connectivity index (χ0n) is 9.77. The third kappa shape index (κ3) is 3.88. The molecule has 0 saturated heterocycles. The van der Waals surface area contributed by atoms with Crippen molar-refractivity contribution in [1.82, 2.24) is 0 Å². The van der Waals surface area contributed by atoms with Crippen molar-refractivity contribution < 1.29 is 19.4 Å². The zero-order valence-corrected chi connectivity index (χ0v) is 9.77. The average molecular weight is 237 g/mol. The molecule has 0 saturated carbocycles. The predicted octanol–water partition coefficient (Wildman–Crippen LogP) is 0.504. The highest BCUT2D eigenvalue weighted by molar-refractivity contribution is 6.01. The maximum atomic E-state index is 11.7. The largest absolute Gasteiger partial charge is 0.484 e. The van der Waals surface area contributed by atoms with E-state index in [2.05, 4.69) is 0 Å². The highest BCUT2D eigenvalue weighted by Gasteiger charge is 2.24. The van der Waals surface area contributed by atoms with E-state index in [9.17, 15) is 14.7 Å². The van der Waals surface area contributed by atoms with Gasteiger partial charge in [-0.1, -0.05) is 0 Å². The molecule has 0 aliphatic rings. The minimum absolute atomic E-state index is 0.210. The number of amides is 1. The van der Waals surface area contributed by atoms with Crippen LogP contribution in [-0.2, 0) is 4.79 Å². The number of aliphatic hydroxyl groups is 1. The predicted molar refractivity (Wildman–Crippen MR) is 61.8 cm³/mol. The van der Waals surface area contributed by atoms with E-state index >= 15 is 0 Å². The average Bonchev–Trinajstić information content (AvgIpc) is 2.25. The van der Waals surface area contributed by atoms with Crippen molar-refractivity contribution in [2.24, 2.45) is 5.73 Å². The lowest BCUT2D eigenvalue weighted by Crippen LogP contribution is -2.31. The number of carbonyl (C=O) groups is 2. The normalized spacial score (nSPS) is 11.0. The Hall–Kier alpha value is -1.88. The summed E-state index contributed by atoms with van der Waals surface area (Å²) in [5.41, 5.74) is 3.90. The Labute approximate surface area is 99.2 Å². The molecule has 0 fully saturated rings. The van der Waals surface area contributed by atoms with Crippen LogP contribution in [0.1, 0.15) is 24.2 Å². The third-order valence-electron chi connectivity index (χ3n) is 2.05. The number of hydrogen-bond donors (Lipinski definition) is 2. The molecular weight excluding hydrogens is 222 g/mol. The quantitative estimate of drug-likeness (QED) is 0.730. The summed E-state index contributed by atoms with van der Waals surface area (Å²) in [6.07, 6.45) is 0. The Morgan fingerprint density at radius 2 is 1.82 bits per heavy atom. The van der Waals surface area contributed by atoms with Crippen LogP contribution in [-0.4, -0.2) is 29.0 Å². The topological polar surface area (TPSA) is 89.6 Å². The highest BCUT2D eigenvalue weighted by Crippen LogP contribution is 2.16. The second kappa shape index (κ2) is 4.97. The first-order valence-electron chi connectivity index (χ1n) is 5.09. The van der Waals surface area contributed by atoms with Crippen molar-refractivity contribution in [3.05, 3.63) is 29.8 Å². The van der Waals surface area contributed by atoms with E-state index in [0.29, 0.717) is 11.3 Å². The molecule has 0 radical (unpaired) electrons. The number of benzene rings is 1. The fourth-order valence-corrected chi connectivity index (χ4v) is 1.21. The number of ether oxygens (including phenoxy) is 1. The first kappa shape index (κ1) is 13.2. The molecule has 1 aromatic rings. The second-order valence-electron chi connectivity index (χ2n) is 4.17. The summed E-state index contributed by atoms with van der Waals surface area (Å²) in [6, 6.07) is 6.14. The fraction of sp³-hybridized carbons (Fsp3) is 0.333. The summed E-state index contributed by atoms with van der Waals surface area (Å²) in [6.45, 7) is 2.64. The van der Waals surface area contributed by atoms with Gasteiger partial charge in [0.2, 0.25) is 0 Å². The number of primary amides is 1. The zero-order chi connectivity index (χ0) is 13.1. The van der Waals surface area contributed by atoms with Crippen LogP contribution in [0.25, 0.3) is 0 Å². The number of nitrogens with two attached hydrogens (primary N) is 1. The van der Waals surface area contributed by atoms with Crippen LogP contribution in [0.4, 0.5) is 0 Å². The highest BCUT2D eigenvalue weighted by atomic mass is 16.5. The van der Waals surface area contributed by atoms with Crippen molar-refractivity contribution in [1.29, 1.82) is 0 Å². The number of rotatable bonds is 5. The lowest BCUT2D eigenvalue weighted by Gasteiger charge is -2.15. The van der Waals surface area contributed by atoms with Gasteiger partial charge in [0.25, 0.3) is 5.91 Å². The molecule has 1 aromatic carbocycles. The van der Waals surface area contributed by atoms with Crippen molar-refractivity contribution in [2.45, 2.75) is 19.4 Å². The van der Waals surface area contributed by atoms with Crippen molar-refractivity contribution in [3.63, 3.8) is 0 Å². The van der Waals surface area contributed by atoms with E-state index in [1.807, 2.05) is 0 Å². The summed E-state index contributed by atoms with van der Waals surface area (Å²) in [4.78, 5) is 22.2. The summed E-state index contributed by atoms with van der Waals surface area (Å²) in [5.74, 6) is -0.503. The SMILES string of the molecule is CC(C)(O)C(=O)c1ccc(OCC(N)=O)cc1. The maximum Gasteiger partial charge on any atom is 0.255 e. The molecule has 3 N–H and O–H groups in total. The molecule has 0 bridgehead atoms. The molecule has 0 atom stereocenters.